The molecule has 7 nitrogen and oxygen atoms in total. The van der Waals surface area contributed by atoms with E-state index in [4.69, 9.17) is 0 Å². The first-order valence-corrected chi connectivity index (χ1v) is 11.6. The third kappa shape index (κ3) is 4.19. The van der Waals surface area contributed by atoms with Crippen molar-refractivity contribution in [3.63, 3.8) is 0 Å². The van der Waals surface area contributed by atoms with Crippen LogP contribution in [0.25, 0.3) is 0 Å². The number of fused-ring (bicyclic) bond motifs is 1. The zero-order valence-electron chi connectivity index (χ0n) is 19.9. The van der Waals surface area contributed by atoms with Crippen LogP contribution in [0.4, 0.5) is 13.2 Å². The van der Waals surface area contributed by atoms with Crippen LogP contribution in [-0.4, -0.2) is 38.5 Å². The van der Waals surface area contributed by atoms with Crippen LogP contribution in [0.3, 0.4) is 0 Å². The highest BCUT2D eigenvalue weighted by molar-refractivity contribution is 5.99. The normalized spacial score (nSPS) is 26.1. The number of aromatic nitrogens is 1. The van der Waals surface area contributed by atoms with Crippen LogP contribution in [0.15, 0.2) is 23.1 Å². The Kier molecular flexibility index (Phi) is 6.42. The van der Waals surface area contributed by atoms with Gasteiger partial charge >= 0.3 is 0 Å². The number of amides is 2. The molecule has 5 atom stereocenters. The molecule has 10 heteroatoms. The lowest BCUT2D eigenvalue weighted by Crippen LogP contribution is -2.53. The minimum absolute atomic E-state index is 0.0280. The van der Waals surface area contributed by atoms with Gasteiger partial charge in [0.25, 0.3) is 11.8 Å². The van der Waals surface area contributed by atoms with Crippen LogP contribution < -0.4 is 10.7 Å². The Labute approximate surface area is 200 Å². The van der Waals surface area contributed by atoms with Gasteiger partial charge < -0.3 is 19.9 Å². The molecule has 1 aromatic carbocycles. The maximum absolute atomic E-state index is 13.9. The lowest BCUT2D eigenvalue weighted by Gasteiger charge is -2.41. The summed E-state index contributed by atoms with van der Waals surface area (Å²) in [5.41, 5.74) is -1.97. The summed E-state index contributed by atoms with van der Waals surface area (Å²) in [6, 6.07) is 0.707. The van der Waals surface area contributed by atoms with Gasteiger partial charge in [0.1, 0.15) is 11.4 Å². The molecule has 1 aliphatic heterocycles. The zero-order valence-corrected chi connectivity index (χ0v) is 19.9. The van der Waals surface area contributed by atoms with Crippen molar-refractivity contribution in [2.75, 3.05) is 0 Å². The Bertz CT molecular complexity index is 1260. The Hall–Kier alpha value is -3.30. The van der Waals surface area contributed by atoms with E-state index in [-0.39, 0.29) is 35.8 Å². The molecule has 0 spiro atoms. The molecule has 4 unspecified atom stereocenters. The highest BCUT2D eigenvalue weighted by Gasteiger charge is 2.45. The van der Waals surface area contributed by atoms with Crippen molar-refractivity contribution in [3.8, 4) is 5.75 Å². The number of nitrogens with zero attached hydrogens (tertiary/aromatic N) is 2. The molecule has 4 rings (SSSR count). The molecule has 35 heavy (non-hydrogen) atoms. The first kappa shape index (κ1) is 24.8. The van der Waals surface area contributed by atoms with Crippen molar-refractivity contribution >= 4 is 11.8 Å². The van der Waals surface area contributed by atoms with E-state index >= 15 is 0 Å². The van der Waals surface area contributed by atoms with Gasteiger partial charge in [-0.1, -0.05) is 20.8 Å². The Morgan fingerprint density at radius 3 is 2.34 bits per heavy atom. The molecule has 2 aromatic rings. The van der Waals surface area contributed by atoms with Crippen LogP contribution in [0.1, 0.15) is 60.5 Å². The molecule has 188 valence electrons. The second kappa shape index (κ2) is 9.05. The van der Waals surface area contributed by atoms with Crippen molar-refractivity contribution in [1.82, 2.24) is 14.8 Å². The predicted molar refractivity (Wildman–Crippen MR) is 121 cm³/mol. The molecule has 0 saturated heterocycles. The summed E-state index contributed by atoms with van der Waals surface area (Å²) in [7, 11) is 0. The van der Waals surface area contributed by atoms with Crippen molar-refractivity contribution in [3.05, 3.63) is 62.8 Å². The van der Waals surface area contributed by atoms with Crippen molar-refractivity contribution in [1.29, 1.82) is 0 Å². The molecular weight excluding hydrogens is 463 g/mol. The number of nitrogens with one attached hydrogen (secondary N) is 1. The van der Waals surface area contributed by atoms with Crippen molar-refractivity contribution < 1.29 is 27.9 Å². The molecule has 1 aromatic heterocycles. The highest BCUT2D eigenvalue weighted by atomic mass is 19.2. The van der Waals surface area contributed by atoms with E-state index in [2.05, 4.69) is 26.1 Å². The van der Waals surface area contributed by atoms with Crippen LogP contribution >= 0.6 is 0 Å². The quantitative estimate of drug-likeness (QED) is 0.642. The number of rotatable bonds is 4. The average molecular weight is 492 g/mol. The van der Waals surface area contributed by atoms with Crippen LogP contribution in [0.5, 0.6) is 5.75 Å². The summed E-state index contributed by atoms with van der Waals surface area (Å²) in [5.74, 6) is -4.84. The smallest absolute Gasteiger partial charge is 0.275 e. The van der Waals surface area contributed by atoms with Gasteiger partial charge in [-0.2, -0.15) is 0 Å². The molecule has 1 saturated carbocycles. The number of hydrogen-bond donors (Lipinski definition) is 2. The molecule has 2 amide bonds. The Morgan fingerprint density at radius 2 is 1.71 bits per heavy atom. The number of carbonyl (C=O) groups excluding carboxylic acids is 2. The number of halogens is 3. The fourth-order valence-electron chi connectivity index (χ4n) is 5.37. The molecule has 0 bridgehead atoms. The van der Waals surface area contributed by atoms with Gasteiger partial charge in [-0.3, -0.25) is 14.4 Å². The summed E-state index contributed by atoms with van der Waals surface area (Å²) in [4.78, 5) is 40.6. The van der Waals surface area contributed by atoms with Crippen LogP contribution in [0.2, 0.25) is 0 Å². The fraction of sp³-hybridized carbons (Fsp3) is 0.480. The average Bonchev–Trinajstić information content (AvgIpc) is 3.04. The number of hydrogen-bond acceptors (Lipinski definition) is 4. The summed E-state index contributed by atoms with van der Waals surface area (Å²) in [6.07, 6.45) is 2.02. The molecule has 2 N–H and O–H groups in total. The van der Waals surface area contributed by atoms with E-state index in [9.17, 15) is 32.7 Å². The maximum Gasteiger partial charge on any atom is 0.275 e. The van der Waals surface area contributed by atoms with Gasteiger partial charge in [-0.25, -0.2) is 13.2 Å². The summed E-state index contributed by atoms with van der Waals surface area (Å²) in [5, 5.41) is 12.9. The van der Waals surface area contributed by atoms with Gasteiger partial charge in [0.15, 0.2) is 23.1 Å². The first-order valence-electron chi connectivity index (χ1n) is 11.6. The van der Waals surface area contributed by atoms with Crippen LogP contribution in [-0.2, 0) is 13.1 Å². The standard InChI is InChI=1S/C25H28F3N3O4/c1-11-5-20(14(4)13(11)3)31-12(2)9-30-10-16(22(32)23(33)21(30)25(31)35)24(34)29-8-15-6-18(27)19(28)7-17(15)26/h6-7,10-14,20,33H,5,8-9H2,1-4H3,(H,29,34)/t11?,12?,13?,14-,20?/m0/s1. The summed E-state index contributed by atoms with van der Waals surface area (Å²) in [6.45, 7) is 8.03. The van der Waals surface area contributed by atoms with Crippen molar-refractivity contribution in [2.24, 2.45) is 17.8 Å². The van der Waals surface area contributed by atoms with E-state index in [0.29, 0.717) is 24.0 Å². The fourth-order valence-corrected chi connectivity index (χ4v) is 5.37. The second-order valence-electron chi connectivity index (χ2n) is 9.82. The lowest BCUT2D eigenvalue weighted by atomic mass is 9.92. The minimum atomic E-state index is -1.36. The SMILES string of the molecule is CC1CC(N2C(=O)c3c(O)c(=O)c(C(=O)NCc4cc(F)c(F)cc4F)cn3CC2C)[C@@H](C)C1C. The topological polar surface area (TPSA) is 91.6 Å². The number of aromatic hydroxyl groups is 1. The van der Waals surface area contributed by atoms with Crippen molar-refractivity contribution in [2.45, 2.75) is 59.3 Å². The molecule has 1 aliphatic carbocycles. The summed E-state index contributed by atoms with van der Waals surface area (Å²) >= 11 is 0. The maximum atomic E-state index is 13.9. The van der Waals surface area contributed by atoms with E-state index in [1.165, 1.54) is 10.8 Å². The minimum Gasteiger partial charge on any atom is -0.503 e. The number of pyridine rings is 1. The van der Waals surface area contributed by atoms with Gasteiger partial charge in [-0.05, 0) is 37.2 Å². The Balaban J connectivity index is 1.61. The van der Waals surface area contributed by atoms with Gasteiger partial charge in [0, 0.05) is 43.0 Å². The van der Waals surface area contributed by atoms with E-state index in [0.717, 1.165) is 6.42 Å². The lowest BCUT2D eigenvalue weighted by molar-refractivity contribution is 0.0424. The van der Waals surface area contributed by atoms with E-state index in [1.54, 1.807) is 4.90 Å². The van der Waals surface area contributed by atoms with E-state index in [1.807, 2.05) is 6.92 Å². The van der Waals surface area contributed by atoms with E-state index < -0.39 is 52.6 Å². The number of carbonyl (C=O) groups is 2. The Morgan fingerprint density at radius 1 is 1.06 bits per heavy atom. The monoisotopic (exact) mass is 491 g/mol. The first-order chi connectivity index (χ1) is 16.4. The van der Waals surface area contributed by atoms with Crippen LogP contribution in [0, 0.1) is 35.2 Å². The predicted octanol–water partition coefficient (Wildman–Crippen LogP) is 3.43. The van der Waals surface area contributed by atoms with Gasteiger partial charge in [-0.15, -0.1) is 0 Å². The highest BCUT2D eigenvalue weighted by Crippen LogP contribution is 2.41. The third-order valence-corrected chi connectivity index (χ3v) is 7.71. The van der Waals surface area contributed by atoms with Gasteiger partial charge in [0.2, 0.25) is 5.43 Å². The molecule has 2 heterocycles. The zero-order chi connectivity index (χ0) is 25.8. The summed E-state index contributed by atoms with van der Waals surface area (Å²) < 4.78 is 41.8. The third-order valence-electron chi connectivity index (χ3n) is 7.71. The second-order valence-corrected chi connectivity index (χ2v) is 9.82. The molecule has 2 aliphatic rings. The molecule has 0 radical (unpaired) electrons. The molecular formula is C25H28F3N3O4. The van der Waals surface area contributed by atoms with Gasteiger partial charge in [0.05, 0.1) is 0 Å². The number of benzene rings is 1. The largest absolute Gasteiger partial charge is 0.503 e. The molecule has 1 fully saturated rings.